The van der Waals surface area contributed by atoms with Crippen molar-refractivity contribution < 1.29 is 0 Å². The zero-order valence-corrected chi connectivity index (χ0v) is 14.0. The Labute approximate surface area is 144 Å². The lowest BCUT2D eigenvalue weighted by Gasteiger charge is -2.34. The van der Waals surface area contributed by atoms with Gasteiger partial charge in [-0.1, -0.05) is 72.8 Å². The number of fused-ring (bicyclic) bond motifs is 1. The van der Waals surface area contributed by atoms with Crippen molar-refractivity contribution in [1.29, 1.82) is 0 Å². The zero-order valence-electron chi connectivity index (χ0n) is 14.0. The number of rotatable bonds is 4. The van der Waals surface area contributed by atoms with Crippen molar-refractivity contribution in [2.75, 3.05) is 19.6 Å². The highest BCUT2D eigenvalue weighted by atomic mass is 15.2. The minimum atomic E-state index is 0.522. The maximum absolute atomic E-state index is 3.71. The van der Waals surface area contributed by atoms with Crippen molar-refractivity contribution in [3.63, 3.8) is 0 Å². The van der Waals surface area contributed by atoms with Crippen molar-refractivity contribution in [3.8, 4) is 0 Å². The molecule has 4 rings (SSSR count). The maximum Gasteiger partial charge on any atom is 0.0236 e. The van der Waals surface area contributed by atoms with E-state index in [0.29, 0.717) is 6.04 Å². The van der Waals surface area contributed by atoms with Crippen LogP contribution < -0.4 is 5.32 Å². The lowest BCUT2D eigenvalue weighted by Crippen LogP contribution is -2.51. The van der Waals surface area contributed by atoms with Crippen LogP contribution in [0.2, 0.25) is 0 Å². The molecule has 0 amide bonds. The summed E-state index contributed by atoms with van der Waals surface area (Å²) >= 11 is 0. The summed E-state index contributed by atoms with van der Waals surface area (Å²) in [5.74, 6) is 0. The van der Waals surface area contributed by atoms with Gasteiger partial charge in [-0.25, -0.2) is 0 Å². The molecule has 24 heavy (non-hydrogen) atoms. The molecule has 1 atom stereocenters. The molecule has 2 nitrogen and oxygen atoms in total. The monoisotopic (exact) mass is 316 g/mol. The molecular weight excluding hydrogens is 292 g/mol. The topological polar surface area (TPSA) is 15.3 Å². The molecule has 1 aliphatic rings. The third-order valence-electron chi connectivity index (χ3n) is 4.93. The molecule has 0 radical (unpaired) electrons. The van der Waals surface area contributed by atoms with Crippen LogP contribution in [-0.2, 0) is 13.0 Å². The van der Waals surface area contributed by atoms with Gasteiger partial charge in [-0.2, -0.15) is 0 Å². The van der Waals surface area contributed by atoms with Crippen LogP contribution in [-0.4, -0.2) is 30.6 Å². The second-order valence-corrected chi connectivity index (χ2v) is 6.71. The molecule has 1 N–H and O–H groups in total. The van der Waals surface area contributed by atoms with Gasteiger partial charge in [0.25, 0.3) is 0 Å². The molecule has 0 spiro atoms. The molecule has 3 aromatic carbocycles. The fraction of sp³-hybridized carbons (Fsp3) is 0.273. The summed E-state index contributed by atoms with van der Waals surface area (Å²) in [6.45, 7) is 4.36. The van der Waals surface area contributed by atoms with Crippen LogP contribution >= 0.6 is 0 Å². The van der Waals surface area contributed by atoms with Gasteiger partial charge < -0.3 is 5.32 Å². The van der Waals surface area contributed by atoms with Crippen LogP contribution in [0.25, 0.3) is 10.8 Å². The fourth-order valence-corrected chi connectivity index (χ4v) is 3.75. The Morgan fingerprint density at radius 3 is 2.58 bits per heavy atom. The number of hydrogen-bond acceptors (Lipinski definition) is 2. The summed E-state index contributed by atoms with van der Waals surface area (Å²) < 4.78 is 0. The largest absolute Gasteiger partial charge is 0.311 e. The molecule has 3 aromatic rings. The van der Waals surface area contributed by atoms with Gasteiger partial charge in [-0.15, -0.1) is 0 Å². The van der Waals surface area contributed by atoms with Crippen molar-refractivity contribution in [3.05, 3.63) is 83.9 Å². The first-order valence-electron chi connectivity index (χ1n) is 8.85. The van der Waals surface area contributed by atoms with Gasteiger partial charge >= 0.3 is 0 Å². The van der Waals surface area contributed by atoms with E-state index in [2.05, 4.69) is 83.0 Å². The Kier molecular flexibility index (Phi) is 4.59. The molecule has 0 unspecified atom stereocenters. The summed E-state index contributed by atoms with van der Waals surface area (Å²) in [6, 6.07) is 26.7. The number of nitrogens with zero attached hydrogens (tertiary/aromatic N) is 1. The highest BCUT2D eigenvalue weighted by molar-refractivity contribution is 5.85. The first kappa shape index (κ1) is 15.4. The van der Waals surface area contributed by atoms with Gasteiger partial charge in [0.05, 0.1) is 0 Å². The van der Waals surface area contributed by atoms with Crippen molar-refractivity contribution in [2.24, 2.45) is 0 Å². The van der Waals surface area contributed by atoms with E-state index in [1.165, 1.54) is 21.9 Å². The average molecular weight is 316 g/mol. The molecule has 1 fully saturated rings. The van der Waals surface area contributed by atoms with Crippen LogP contribution in [0.4, 0.5) is 0 Å². The molecule has 0 aliphatic carbocycles. The van der Waals surface area contributed by atoms with Crippen molar-refractivity contribution in [2.45, 2.75) is 19.0 Å². The van der Waals surface area contributed by atoms with E-state index in [1.54, 1.807) is 0 Å². The van der Waals surface area contributed by atoms with E-state index in [9.17, 15) is 0 Å². The van der Waals surface area contributed by atoms with E-state index in [1.807, 2.05) is 0 Å². The second kappa shape index (κ2) is 7.16. The number of hydrogen-bond donors (Lipinski definition) is 1. The van der Waals surface area contributed by atoms with Gasteiger partial charge in [0, 0.05) is 32.2 Å². The summed E-state index contributed by atoms with van der Waals surface area (Å²) in [5.41, 5.74) is 2.86. The van der Waals surface area contributed by atoms with Gasteiger partial charge in [-0.05, 0) is 28.3 Å². The van der Waals surface area contributed by atoms with Crippen LogP contribution in [0.3, 0.4) is 0 Å². The molecule has 1 aliphatic heterocycles. The van der Waals surface area contributed by atoms with Crippen LogP contribution in [0.1, 0.15) is 11.1 Å². The normalized spacial score (nSPS) is 18.8. The Bertz CT molecular complexity index is 792. The lowest BCUT2D eigenvalue weighted by molar-refractivity contribution is 0.192. The Morgan fingerprint density at radius 2 is 1.67 bits per heavy atom. The summed E-state index contributed by atoms with van der Waals surface area (Å²) in [5, 5.41) is 6.44. The smallest absolute Gasteiger partial charge is 0.0236 e. The predicted molar refractivity (Wildman–Crippen MR) is 101 cm³/mol. The predicted octanol–water partition coefficient (Wildman–Crippen LogP) is 3.86. The quantitative estimate of drug-likeness (QED) is 0.786. The van der Waals surface area contributed by atoms with Crippen LogP contribution in [0.15, 0.2) is 72.8 Å². The van der Waals surface area contributed by atoms with Gasteiger partial charge in [0.2, 0.25) is 0 Å². The van der Waals surface area contributed by atoms with Gasteiger partial charge in [-0.3, -0.25) is 4.90 Å². The Balaban J connectivity index is 1.46. The summed E-state index contributed by atoms with van der Waals surface area (Å²) in [7, 11) is 0. The lowest BCUT2D eigenvalue weighted by atomic mass is 9.97. The van der Waals surface area contributed by atoms with E-state index in [4.69, 9.17) is 0 Å². The Hall–Kier alpha value is -2.16. The fourth-order valence-electron chi connectivity index (χ4n) is 3.75. The molecule has 0 aromatic heterocycles. The van der Waals surface area contributed by atoms with Crippen LogP contribution in [0, 0.1) is 0 Å². The van der Waals surface area contributed by atoms with Gasteiger partial charge in [0.15, 0.2) is 0 Å². The van der Waals surface area contributed by atoms with Gasteiger partial charge in [0.1, 0.15) is 0 Å². The molecule has 2 heteroatoms. The summed E-state index contributed by atoms with van der Waals surface area (Å²) in [6.07, 6.45) is 1.09. The first-order valence-corrected chi connectivity index (χ1v) is 8.85. The highest BCUT2D eigenvalue weighted by Crippen LogP contribution is 2.20. The molecular formula is C22H24N2. The van der Waals surface area contributed by atoms with Crippen LogP contribution in [0.5, 0.6) is 0 Å². The SMILES string of the molecule is c1ccc(CN2CCN[C@H](Cc3cccc4ccccc34)C2)cc1. The molecule has 0 bridgehead atoms. The third kappa shape index (κ3) is 3.50. The van der Waals surface area contributed by atoms with Crippen molar-refractivity contribution in [1.82, 2.24) is 10.2 Å². The highest BCUT2D eigenvalue weighted by Gasteiger charge is 2.20. The standard InChI is InChI=1S/C22H24N2/c1-2-7-18(8-3-1)16-24-14-13-23-21(17-24)15-20-11-6-10-19-9-4-5-12-22(19)20/h1-12,21,23H,13-17H2/t21-/m1/s1. The zero-order chi connectivity index (χ0) is 16.2. The molecule has 1 saturated heterocycles. The first-order chi connectivity index (χ1) is 11.9. The number of piperazine rings is 1. The van der Waals surface area contributed by atoms with E-state index in [0.717, 1.165) is 32.6 Å². The third-order valence-corrected chi connectivity index (χ3v) is 4.93. The van der Waals surface area contributed by atoms with Crippen molar-refractivity contribution >= 4 is 10.8 Å². The number of nitrogens with one attached hydrogen (secondary N) is 1. The molecule has 1 heterocycles. The minimum Gasteiger partial charge on any atom is -0.311 e. The number of benzene rings is 3. The second-order valence-electron chi connectivity index (χ2n) is 6.71. The Morgan fingerprint density at radius 1 is 0.875 bits per heavy atom. The van der Waals surface area contributed by atoms with E-state index in [-0.39, 0.29) is 0 Å². The molecule has 0 saturated carbocycles. The average Bonchev–Trinajstić information content (AvgIpc) is 2.63. The van der Waals surface area contributed by atoms with E-state index < -0.39 is 0 Å². The maximum atomic E-state index is 3.71. The summed E-state index contributed by atoms with van der Waals surface area (Å²) in [4.78, 5) is 2.57. The van der Waals surface area contributed by atoms with E-state index >= 15 is 0 Å². The minimum absolute atomic E-state index is 0.522. The molecule has 122 valence electrons.